The summed E-state index contributed by atoms with van der Waals surface area (Å²) in [6.45, 7) is 3.28. The lowest BCUT2D eigenvalue weighted by molar-refractivity contribution is -0.119. The molecule has 0 radical (unpaired) electrons. The van der Waals surface area contributed by atoms with Gasteiger partial charge in [-0.25, -0.2) is 4.79 Å². The molecule has 4 nitrogen and oxygen atoms in total. The molecule has 1 amide bonds. The third kappa shape index (κ3) is 5.31. The van der Waals surface area contributed by atoms with Gasteiger partial charge >= 0.3 is 5.97 Å². The number of carbonyl (C=O) groups excluding carboxylic acids is 2. The monoisotopic (exact) mass is 371 g/mol. The number of benzene rings is 1. The van der Waals surface area contributed by atoms with E-state index in [4.69, 9.17) is 4.74 Å². The Morgan fingerprint density at radius 1 is 1.25 bits per heavy atom. The van der Waals surface area contributed by atoms with Gasteiger partial charge in [0.1, 0.15) is 0 Å². The fraction of sp³-hybridized carbons (Fsp3) is 0.250. The number of rotatable bonds is 6. The zero-order valence-electron chi connectivity index (χ0n) is 13.0. The third-order valence-corrected chi connectivity index (χ3v) is 4.65. The normalized spacial score (nSPS) is 10.7. The smallest absolute Gasteiger partial charge is 0.339 e. The Morgan fingerprint density at radius 2 is 1.92 bits per heavy atom. The lowest BCUT2D eigenvalue weighted by Gasteiger charge is -2.07. The molecule has 0 saturated carbocycles. The van der Waals surface area contributed by atoms with Crippen LogP contribution in [0.25, 0.3) is 0 Å². The summed E-state index contributed by atoms with van der Waals surface area (Å²) in [5.41, 5.74) is 0.899. The van der Waals surface area contributed by atoms with Crippen molar-refractivity contribution in [3.05, 3.63) is 45.6 Å². The van der Waals surface area contributed by atoms with Crippen molar-refractivity contribution in [1.29, 1.82) is 0 Å². The minimum absolute atomic E-state index is 0.401. The molecule has 0 saturated heterocycles. The first-order chi connectivity index (χ1) is 11.3. The first-order valence-electron chi connectivity index (χ1n) is 6.94. The lowest BCUT2D eigenvalue weighted by atomic mass is 10.2. The highest BCUT2D eigenvalue weighted by Gasteiger charge is 2.15. The van der Waals surface area contributed by atoms with Crippen LogP contribution in [-0.2, 0) is 9.53 Å². The summed E-state index contributed by atoms with van der Waals surface area (Å²) in [5.74, 6) is -3.54. The van der Waals surface area contributed by atoms with Crippen molar-refractivity contribution in [3.8, 4) is 0 Å². The van der Waals surface area contributed by atoms with Gasteiger partial charge in [-0.1, -0.05) is 11.8 Å². The van der Waals surface area contributed by atoms with Crippen LogP contribution in [0.2, 0.25) is 0 Å². The summed E-state index contributed by atoms with van der Waals surface area (Å²) in [5, 5.41) is 2.54. The van der Waals surface area contributed by atoms with Crippen molar-refractivity contribution >= 4 is 40.7 Å². The molecule has 0 fully saturated rings. The molecule has 24 heavy (non-hydrogen) atoms. The molecule has 0 aliphatic heterocycles. The number of nitrogens with one attached hydrogen (secondary N) is 1. The van der Waals surface area contributed by atoms with Crippen LogP contribution in [0.3, 0.4) is 0 Å². The van der Waals surface area contributed by atoms with E-state index in [0.29, 0.717) is 27.9 Å². The van der Waals surface area contributed by atoms with Crippen molar-refractivity contribution in [2.45, 2.75) is 24.5 Å². The van der Waals surface area contributed by atoms with Gasteiger partial charge in [0.05, 0.1) is 5.56 Å². The number of hydrogen-bond donors (Lipinski definition) is 1. The number of anilines is 1. The van der Waals surface area contributed by atoms with Gasteiger partial charge in [0.15, 0.2) is 6.61 Å². The molecule has 0 atom stereocenters. The van der Waals surface area contributed by atoms with E-state index in [0.717, 1.165) is 9.75 Å². The van der Waals surface area contributed by atoms with Crippen LogP contribution in [0, 0.1) is 13.8 Å². The molecule has 8 heteroatoms. The number of carbonyl (C=O) groups is 2. The van der Waals surface area contributed by atoms with E-state index in [1.165, 1.54) is 35.6 Å². The molecule has 1 N–H and O–H groups in total. The number of halogens is 2. The van der Waals surface area contributed by atoms with E-state index in [1.807, 2.05) is 13.8 Å². The number of aryl methyl sites for hydroxylation is 2. The van der Waals surface area contributed by atoms with Crippen molar-refractivity contribution in [2.75, 3.05) is 11.9 Å². The van der Waals surface area contributed by atoms with E-state index < -0.39 is 24.2 Å². The Morgan fingerprint density at radius 3 is 2.46 bits per heavy atom. The van der Waals surface area contributed by atoms with Crippen molar-refractivity contribution in [2.24, 2.45) is 0 Å². The predicted octanol–water partition coefficient (Wildman–Crippen LogP) is 4.48. The predicted molar refractivity (Wildman–Crippen MR) is 91.0 cm³/mol. The van der Waals surface area contributed by atoms with Crippen molar-refractivity contribution in [3.63, 3.8) is 0 Å². The van der Waals surface area contributed by atoms with E-state index in [9.17, 15) is 18.4 Å². The zero-order valence-corrected chi connectivity index (χ0v) is 14.6. The van der Waals surface area contributed by atoms with Gasteiger partial charge in [0.25, 0.3) is 11.7 Å². The number of esters is 1. The number of thioether (sulfide) groups is 1. The molecular weight excluding hydrogens is 356 g/mol. The van der Waals surface area contributed by atoms with Gasteiger partial charge in [0.2, 0.25) is 0 Å². The minimum atomic E-state index is -2.49. The number of amides is 1. The second kappa shape index (κ2) is 8.25. The quantitative estimate of drug-likeness (QED) is 0.601. The van der Waals surface area contributed by atoms with Crippen LogP contribution < -0.4 is 5.32 Å². The van der Waals surface area contributed by atoms with Crippen LogP contribution in [0.4, 0.5) is 14.5 Å². The third-order valence-electron chi connectivity index (χ3n) is 2.96. The van der Waals surface area contributed by atoms with E-state index >= 15 is 0 Å². The van der Waals surface area contributed by atoms with Crippen LogP contribution in [-0.4, -0.2) is 24.2 Å². The highest BCUT2D eigenvalue weighted by atomic mass is 32.2. The van der Waals surface area contributed by atoms with Gasteiger partial charge in [-0.3, -0.25) is 4.79 Å². The minimum Gasteiger partial charge on any atom is -0.452 e. The Kier molecular flexibility index (Phi) is 6.33. The summed E-state index contributed by atoms with van der Waals surface area (Å²) < 4.78 is 29.4. The summed E-state index contributed by atoms with van der Waals surface area (Å²) in [6, 6.07) is 7.71. The van der Waals surface area contributed by atoms with Crippen molar-refractivity contribution < 1.29 is 23.1 Å². The Bertz CT molecular complexity index is 729. The number of ether oxygens (including phenoxy) is 1. The molecular formula is C16H15F2NO3S2. The molecule has 0 aliphatic rings. The summed E-state index contributed by atoms with van der Waals surface area (Å²) in [4.78, 5) is 25.9. The maximum Gasteiger partial charge on any atom is 0.339 e. The van der Waals surface area contributed by atoms with Crippen LogP contribution in [0.15, 0.2) is 35.2 Å². The molecule has 0 bridgehead atoms. The second-order valence-corrected chi connectivity index (χ2v) is 7.38. The van der Waals surface area contributed by atoms with Gasteiger partial charge in [-0.05, 0) is 44.2 Å². The summed E-state index contributed by atoms with van der Waals surface area (Å²) in [7, 11) is 0. The fourth-order valence-corrected chi connectivity index (χ4v) is 3.37. The van der Waals surface area contributed by atoms with Crippen molar-refractivity contribution in [1.82, 2.24) is 0 Å². The molecule has 2 aromatic rings. The molecule has 1 heterocycles. The fourth-order valence-electron chi connectivity index (χ4n) is 1.96. The van der Waals surface area contributed by atoms with Crippen LogP contribution >= 0.6 is 23.1 Å². The SMILES string of the molecule is Cc1cc(C(=O)OCC(=O)Nc2ccc(SC(F)F)cc2)c(C)s1. The molecule has 128 valence electrons. The highest BCUT2D eigenvalue weighted by molar-refractivity contribution is 7.99. The molecule has 1 aromatic heterocycles. The molecule has 0 unspecified atom stereocenters. The first kappa shape index (κ1) is 18.4. The van der Waals surface area contributed by atoms with Gasteiger partial charge in [-0.2, -0.15) is 8.78 Å². The first-order valence-corrected chi connectivity index (χ1v) is 8.63. The standard InChI is InChI=1S/C16H15F2NO3S2/c1-9-7-13(10(2)23-9)15(21)22-8-14(20)19-11-3-5-12(6-4-11)24-16(17)18/h3-7,16H,8H2,1-2H3,(H,19,20). The van der Waals surface area contributed by atoms with E-state index in [2.05, 4.69) is 5.32 Å². The Labute approximate surface area is 146 Å². The Hall–Kier alpha value is -1.93. The number of hydrogen-bond acceptors (Lipinski definition) is 5. The van der Waals surface area contributed by atoms with Gasteiger partial charge in [-0.15, -0.1) is 11.3 Å². The average molecular weight is 371 g/mol. The van der Waals surface area contributed by atoms with E-state index in [-0.39, 0.29) is 0 Å². The second-order valence-electron chi connectivity index (χ2n) is 4.85. The molecule has 1 aromatic carbocycles. The number of thiophene rings is 1. The summed E-state index contributed by atoms with van der Waals surface area (Å²) >= 11 is 1.91. The molecule has 0 aliphatic carbocycles. The average Bonchev–Trinajstić information content (AvgIpc) is 2.85. The summed E-state index contributed by atoms with van der Waals surface area (Å²) in [6.07, 6.45) is 0. The largest absolute Gasteiger partial charge is 0.452 e. The van der Waals surface area contributed by atoms with Gasteiger partial charge < -0.3 is 10.1 Å². The maximum atomic E-state index is 12.2. The van der Waals surface area contributed by atoms with Crippen LogP contribution in [0.5, 0.6) is 0 Å². The van der Waals surface area contributed by atoms with Crippen LogP contribution in [0.1, 0.15) is 20.1 Å². The lowest BCUT2D eigenvalue weighted by Crippen LogP contribution is -2.21. The van der Waals surface area contributed by atoms with E-state index in [1.54, 1.807) is 6.07 Å². The topological polar surface area (TPSA) is 55.4 Å². The number of alkyl halides is 2. The zero-order chi connectivity index (χ0) is 17.7. The molecule has 0 spiro atoms. The van der Waals surface area contributed by atoms with Gasteiger partial charge in [0, 0.05) is 20.3 Å². The highest BCUT2D eigenvalue weighted by Crippen LogP contribution is 2.26. The Balaban J connectivity index is 1.85. The molecule has 2 rings (SSSR count). The maximum absolute atomic E-state index is 12.2.